The summed E-state index contributed by atoms with van der Waals surface area (Å²) >= 11 is 0. The molecular formula is C22H27N3O2. The molecule has 2 aromatic rings. The van der Waals surface area contributed by atoms with Crippen LogP contribution in [0.1, 0.15) is 48.9 Å². The number of fused-ring (bicyclic) bond motifs is 3. The van der Waals surface area contributed by atoms with Crippen molar-refractivity contribution in [3.63, 3.8) is 0 Å². The van der Waals surface area contributed by atoms with Gasteiger partial charge in [0.2, 0.25) is 11.8 Å². The molecule has 0 spiro atoms. The lowest BCUT2D eigenvalue weighted by molar-refractivity contribution is -0.136. The van der Waals surface area contributed by atoms with Gasteiger partial charge in [-0.05, 0) is 31.9 Å². The first-order valence-electron chi connectivity index (χ1n) is 10.3. The fourth-order valence-electron chi connectivity index (χ4n) is 5.24. The van der Waals surface area contributed by atoms with E-state index in [1.807, 2.05) is 9.80 Å². The van der Waals surface area contributed by atoms with Crippen molar-refractivity contribution in [2.24, 2.45) is 5.92 Å². The number of carbonyl (C=O) groups excluding carboxylic acids is 2. The maximum Gasteiger partial charge on any atom is 0.228 e. The highest BCUT2D eigenvalue weighted by Gasteiger charge is 2.40. The van der Waals surface area contributed by atoms with E-state index in [0.29, 0.717) is 25.6 Å². The highest BCUT2D eigenvalue weighted by Crippen LogP contribution is 2.33. The third kappa shape index (κ3) is 2.84. The second-order valence-electron chi connectivity index (χ2n) is 8.53. The molecule has 27 heavy (non-hydrogen) atoms. The number of likely N-dealkylation sites (tertiary alicyclic amines) is 1. The SMILES string of the molecule is Cc1ccc2[nH]c3c(c2c1)CN(C(=O)C1CC(=O)N(C2CCCC2)C1)CC3. The van der Waals surface area contributed by atoms with Gasteiger partial charge in [-0.3, -0.25) is 9.59 Å². The Bertz CT molecular complexity index is 910. The van der Waals surface area contributed by atoms with Gasteiger partial charge in [0.05, 0.1) is 5.92 Å². The number of carbonyl (C=O) groups is 2. The van der Waals surface area contributed by atoms with E-state index in [4.69, 9.17) is 0 Å². The van der Waals surface area contributed by atoms with Gasteiger partial charge < -0.3 is 14.8 Å². The molecule has 5 heteroatoms. The Morgan fingerprint density at radius 3 is 2.85 bits per heavy atom. The van der Waals surface area contributed by atoms with E-state index in [0.717, 1.165) is 31.3 Å². The van der Waals surface area contributed by atoms with Crippen LogP contribution in [0.2, 0.25) is 0 Å². The molecule has 0 bridgehead atoms. The van der Waals surface area contributed by atoms with E-state index in [1.165, 1.54) is 35.0 Å². The highest BCUT2D eigenvalue weighted by atomic mass is 16.2. The number of aryl methyl sites for hydroxylation is 1. The van der Waals surface area contributed by atoms with Gasteiger partial charge in [0.1, 0.15) is 0 Å². The van der Waals surface area contributed by atoms with Crippen LogP contribution in [-0.4, -0.2) is 45.7 Å². The van der Waals surface area contributed by atoms with Crippen LogP contribution < -0.4 is 0 Å². The fourth-order valence-corrected chi connectivity index (χ4v) is 5.24. The second kappa shape index (κ2) is 6.39. The Morgan fingerprint density at radius 2 is 2.04 bits per heavy atom. The highest BCUT2D eigenvalue weighted by molar-refractivity contribution is 5.91. The van der Waals surface area contributed by atoms with Crippen molar-refractivity contribution in [1.82, 2.24) is 14.8 Å². The van der Waals surface area contributed by atoms with Crippen molar-refractivity contribution in [2.45, 2.75) is 58.0 Å². The average molecular weight is 365 g/mol. The average Bonchev–Trinajstić information content (AvgIpc) is 3.38. The monoisotopic (exact) mass is 365 g/mol. The molecule has 2 amide bonds. The van der Waals surface area contributed by atoms with Crippen LogP contribution in [0.4, 0.5) is 0 Å². The van der Waals surface area contributed by atoms with Crippen LogP contribution in [0, 0.1) is 12.8 Å². The van der Waals surface area contributed by atoms with Gasteiger partial charge in [-0.25, -0.2) is 0 Å². The number of rotatable bonds is 2. The molecule has 1 saturated heterocycles. The van der Waals surface area contributed by atoms with E-state index < -0.39 is 0 Å². The molecule has 1 aromatic heterocycles. The number of amides is 2. The number of nitrogens with zero attached hydrogens (tertiary/aromatic N) is 2. The summed E-state index contributed by atoms with van der Waals surface area (Å²) in [6, 6.07) is 6.83. The molecule has 5 nitrogen and oxygen atoms in total. The minimum atomic E-state index is -0.161. The summed E-state index contributed by atoms with van der Waals surface area (Å²) in [5.74, 6) is 0.184. The standard InChI is InChI=1S/C22H27N3O2/c1-14-6-7-19-17(10-14)18-13-24(9-8-20(18)23-19)22(27)15-11-21(26)25(12-15)16-4-2-3-5-16/h6-7,10,15-16,23H,2-5,8-9,11-13H2,1H3. The van der Waals surface area contributed by atoms with Gasteiger partial charge in [-0.2, -0.15) is 0 Å². The summed E-state index contributed by atoms with van der Waals surface area (Å²) in [7, 11) is 0. The predicted molar refractivity (Wildman–Crippen MR) is 104 cm³/mol. The van der Waals surface area contributed by atoms with E-state index >= 15 is 0 Å². The van der Waals surface area contributed by atoms with Crippen molar-refractivity contribution in [1.29, 1.82) is 0 Å². The molecule has 1 aromatic carbocycles. The summed E-state index contributed by atoms with van der Waals surface area (Å²) < 4.78 is 0. The summed E-state index contributed by atoms with van der Waals surface area (Å²) in [4.78, 5) is 33.2. The van der Waals surface area contributed by atoms with Crippen LogP contribution >= 0.6 is 0 Å². The Labute approximate surface area is 159 Å². The Kier molecular flexibility index (Phi) is 3.99. The van der Waals surface area contributed by atoms with Gasteiger partial charge in [0.15, 0.2) is 0 Å². The maximum atomic E-state index is 13.2. The number of aromatic nitrogens is 1. The zero-order valence-electron chi connectivity index (χ0n) is 16.0. The first-order chi connectivity index (χ1) is 13.1. The molecule has 1 atom stereocenters. The number of benzene rings is 1. The molecule has 1 unspecified atom stereocenters. The Balaban J connectivity index is 1.34. The van der Waals surface area contributed by atoms with Gasteiger partial charge in [-0.1, -0.05) is 24.5 Å². The van der Waals surface area contributed by atoms with Crippen molar-refractivity contribution >= 4 is 22.7 Å². The van der Waals surface area contributed by atoms with Crippen molar-refractivity contribution in [3.05, 3.63) is 35.0 Å². The number of nitrogens with one attached hydrogen (secondary N) is 1. The molecule has 0 radical (unpaired) electrons. The van der Waals surface area contributed by atoms with Crippen LogP contribution in [0.15, 0.2) is 18.2 Å². The third-order valence-electron chi connectivity index (χ3n) is 6.72. The molecule has 2 aliphatic heterocycles. The van der Waals surface area contributed by atoms with Crippen molar-refractivity contribution < 1.29 is 9.59 Å². The van der Waals surface area contributed by atoms with Crippen LogP contribution in [0.3, 0.4) is 0 Å². The maximum absolute atomic E-state index is 13.2. The Hall–Kier alpha value is -2.30. The smallest absolute Gasteiger partial charge is 0.228 e. The molecule has 142 valence electrons. The van der Waals surface area contributed by atoms with Crippen LogP contribution in [-0.2, 0) is 22.6 Å². The Morgan fingerprint density at radius 1 is 1.22 bits per heavy atom. The molecule has 5 rings (SSSR count). The predicted octanol–water partition coefficient (Wildman–Crippen LogP) is 3.15. The van der Waals surface area contributed by atoms with E-state index in [9.17, 15) is 9.59 Å². The normalized spacial score (nSPS) is 23.4. The largest absolute Gasteiger partial charge is 0.358 e. The van der Waals surface area contributed by atoms with Crippen molar-refractivity contribution in [2.75, 3.05) is 13.1 Å². The number of hydrogen-bond donors (Lipinski definition) is 1. The summed E-state index contributed by atoms with van der Waals surface area (Å²) in [5, 5.41) is 1.23. The zero-order chi connectivity index (χ0) is 18.5. The molecule has 3 aliphatic rings. The lowest BCUT2D eigenvalue weighted by Gasteiger charge is -2.30. The van der Waals surface area contributed by atoms with Crippen molar-refractivity contribution in [3.8, 4) is 0 Å². The number of H-pyrrole nitrogens is 1. The first kappa shape index (κ1) is 16.8. The van der Waals surface area contributed by atoms with Crippen LogP contribution in [0.25, 0.3) is 10.9 Å². The van der Waals surface area contributed by atoms with E-state index in [1.54, 1.807) is 0 Å². The third-order valence-corrected chi connectivity index (χ3v) is 6.72. The lowest BCUT2D eigenvalue weighted by Crippen LogP contribution is -2.41. The second-order valence-corrected chi connectivity index (χ2v) is 8.53. The minimum absolute atomic E-state index is 0.161. The number of aromatic amines is 1. The van der Waals surface area contributed by atoms with Gasteiger partial charge in [-0.15, -0.1) is 0 Å². The van der Waals surface area contributed by atoms with E-state index in [2.05, 4.69) is 30.1 Å². The molecule has 1 aliphatic carbocycles. The summed E-state index contributed by atoms with van der Waals surface area (Å²) in [6.07, 6.45) is 5.89. The van der Waals surface area contributed by atoms with Gasteiger partial charge in [0, 0.05) is 60.7 Å². The van der Waals surface area contributed by atoms with Gasteiger partial charge >= 0.3 is 0 Å². The minimum Gasteiger partial charge on any atom is -0.358 e. The summed E-state index contributed by atoms with van der Waals surface area (Å²) in [5.41, 5.74) is 4.91. The molecular weight excluding hydrogens is 338 g/mol. The lowest BCUT2D eigenvalue weighted by atomic mass is 10.0. The topological polar surface area (TPSA) is 56.4 Å². The fraction of sp³-hybridized carbons (Fsp3) is 0.545. The zero-order valence-corrected chi connectivity index (χ0v) is 16.0. The molecule has 1 saturated carbocycles. The molecule has 3 heterocycles. The first-order valence-corrected chi connectivity index (χ1v) is 10.3. The number of hydrogen-bond acceptors (Lipinski definition) is 2. The quantitative estimate of drug-likeness (QED) is 0.889. The van der Waals surface area contributed by atoms with Crippen LogP contribution in [0.5, 0.6) is 0 Å². The molecule has 2 fully saturated rings. The van der Waals surface area contributed by atoms with E-state index in [-0.39, 0.29) is 17.7 Å². The molecule has 1 N–H and O–H groups in total. The summed E-state index contributed by atoms with van der Waals surface area (Å²) in [6.45, 7) is 4.13. The van der Waals surface area contributed by atoms with Gasteiger partial charge in [0.25, 0.3) is 0 Å².